The van der Waals surface area contributed by atoms with Gasteiger partial charge in [-0.25, -0.2) is 8.78 Å². The lowest BCUT2D eigenvalue weighted by atomic mass is 9.84. The summed E-state index contributed by atoms with van der Waals surface area (Å²) < 4.78 is 64.1. The number of aromatic nitrogens is 1. The van der Waals surface area contributed by atoms with Crippen LogP contribution in [0.15, 0.2) is 89.4 Å². The number of halogens is 3. The molecule has 8 aliphatic rings. The number of aryl methyl sites for hydroxylation is 1. The third kappa shape index (κ3) is 12.6. The third-order valence-electron chi connectivity index (χ3n) is 14.3. The molecule has 6 aliphatic heterocycles. The van der Waals surface area contributed by atoms with Crippen molar-refractivity contribution in [1.29, 1.82) is 0 Å². The van der Waals surface area contributed by atoms with Crippen LogP contribution >= 0.6 is 12.4 Å². The molecule has 17 heteroatoms. The van der Waals surface area contributed by atoms with Crippen molar-refractivity contribution >= 4 is 46.9 Å². The third-order valence-corrected chi connectivity index (χ3v) is 14.3. The first-order valence-electron chi connectivity index (χ1n) is 25.6. The van der Waals surface area contributed by atoms with Crippen LogP contribution < -0.4 is 45.5 Å². The molecular weight excluding hydrogens is 946 g/mol. The number of amides is 2. The van der Waals surface area contributed by atoms with E-state index in [0.29, 0.717) is 55.4 Å². The highest BCUT2D eigenvalue weighted by atomic mass is 35.5. The number of morpholine rings is 2. The van der Waals surface area contributed by atoms with Crippen molar-refractivity contribution in [3.8, 4) is 23.0 Å². The van der Waals surface area contributed by atoms with Crippen LogP contribution in [-0.4, -0.2) is 99.8 Å². The highest BCUT2D eigenvalue weighted by molar-refractivity contribution is 5.88. The van der Waals surface area contributed by atoms with E-state index in [1.807, 2.05) is 55.5 Å². The number of nitrogens with zero attached hydrogens (tertiary/aromatic N) is 1. The molecule has 0 saturated carbocycles. The second-order valence-electron chi connectivity index (χ2n) is 19.6. The second-order valence-corrected chi connectivity index (χ2v) is 19.6. The maximum Gasteiger partial charge on any atom is 0.262 e. The minimum atomic E-state index is -0.627. The maximum absolute atomic E-state index is 15.0. The van der Waals surface area contributed by atoms with Crippen molar-refractivity contribution in [2.75, 3.05) is 57.9 Å². The Balaban J connectivity index is 0.000000158. The molecule has 0 bridgehead atoms. The average Bonchev–Trinajstić information content (AvgIpc) is 3.39. The number of carbonyl (C=O) groups excluding carboxylic acids is 2. The number of allylic oxidation sites excluding steroid dienone is 4. The SMILES string of the molecule is CCC(CCNC[C@H]1COc2ccc3nc(C)ccc3c2O1)CC1CC=C2OCC(=O)NC2=C1F.CC[C@H]1COc2ccc3c(c2O1)C=CC(C)N3.Cl.O=C1COC2C=CC(CC3CCCNC3)=C(F)C2N1. The van der Waals surface area contributed by atoms with Crippen LogP contribution in [-0.2, 0) is 19.1 Å². The molecule has 7 heterocycles. The van der Waals surface area contributed by atoms with E-state index in [-0.39, 0.29) is 79.0 Å². The van der Waals surface area contributed by atoms with Gasteiger partial charge in [0.25, 0.3) is 5.91 Å². The molecule has 72 heavy (non-hydrogen) atoms. The zero-order valence-corrected chi connectivity index (χ0v) is 42.5. The first kappa shape index (κ1) is 52.6. The van der Waals surface area contributed by atoms with E-state index in [0.717, 1.165) is 115 Å². The number of hydrogen-bond acceptors (Lipinski definition) is 12. The Morgan fingerprint density at radius 2 is 1.69 bits per heavy atom. The summed E-state index contributed by atoms with van der Waals surface area (Å²) in [6.07, 6.45) is 16.8. The molecule has 3 saturated heterocycles. The topological polar surface area (TPSA) is 163 Å². The zero-order valence-electron chi connectivity index (χ0n) is 41.7. The van der Waals surface area contributed by atoms with Gasteiger partial charge in [0.15, 0.2) is 29.6 Å². The van der Waals surface area contributed by atoms with E-state index in [2.05, 4.69) is 70.6 Å². The molecule has 8 atom stereocenters. The lowest BCUT2D eigenvalue weighted by Crippen LogP contribution is -2.52. The highest BCUT2D eigenvalue weighted by Gasteiger charge is 2.36. The number of rotatable bonds is 11. The van der Waals surface area contributed by atoms with E-state index in [1.165, 1.54) is 0 Å². The maximum atomic E-state index is 15.0. The molecule has 2 aromatic carbocycles. The molecule has 0 spiro atoms. The van der Waals surface area contributed by atoms with Gasteiger partial charge in [0.2, 0.25) is 5.91 Å². The van der Waals surface area contributed by atoms with Crippen LogP contribution in [0.3, 0.4) is 0 Å². The van der Waals surface area contributed by atoms with E-state index >= 15 is 4.39 Å². The Morgan fingerprint density at radius 3 is 2.50 bits per heavy atom. The highest BCUT2D eigenvalue weighted by Crippen LogP contribution is 2.43. The smallest absolute Gasteiger partial charge is 0.262 e. The largest absolute Gasteiger partial charge is 0.486 e. The van der Waals surface area contributed by atoms with Crippen LogP contribution in [0.4, 0.5) is 14.5 Å². The molecule has 5 N–H and O–H groups in total. The number of ether oxygens (including phenoxy) is 6. The summed E-state index contributed by atoms with van der Waals surface area (Å²) in [7, 11) is 0. The summed E-state index contributed by atoms with van der Waals surface area (Å²) in [4.78, 5) is 27.5. The lowest BCUT2D eigenvalue weighted by molar-refractivity contribution is -0.134. The van der Waals surface area contributed by atoms with Crippen molar-refractivity contribution in [3.63, 3.8) is 0 Å². The minimum Gasteiger partial charge on any atom is -0.486 e. The molecule has 11 rings (SSSR count). The Kier molecular flexibility index (Phi) is 17.8. The molecule has 3 aromatic rings. The van der Waals surface area contributed by atoms with Gasteiger partial charge in [-0.15, -0.1) is 12.4 Å². The Hall–Kier alpha value is -5.68. The minimum absolute atomic E-state index is 0. The summed E-state index contributed by atoms with van der Waals surface area (Å²) in [5, 5.41) is 16.5. The zero-order chi connectivity index (χ0) is 49.4. The summed E-state index contributed by atoms with van der Waals surface area (Å²) in [6.45, 7) is 13.0. The van der Waals surface area contributed by atoms with Gasteiger partial charge in [0.05, 0.1) is 5.52 Å². The summed E-state index contributed by atoms with van der Waals surface area (Å²) in [5.74, 6) is 3.30. The van der Waals surface area contributed by atoms with E-state index in [4.69, 9.17) is 28.4 Å². The quantitative estimate of drug-likeness (QED) is 0.116. The number of nitrogens with one attached hydrogen (secondary N) is 5. The van der Waals surface area contributed by atoms with Gasteiger partial charge in [-0.1, -0.05) is 44.6 Å². The van der Waals surface area contributed by atoms with Gasteiger partial charge in [-0.2, -0.15) is 0 Å². The molecule has 388 valence electrons. The molecule has 3 fully saturated rings. The van der Waals surface area contributed by atoms with Crippen molar-refractivity contribution < 1.29 is 46.8 Å². The van der Waals surface area contributed by atoms with Crippen molar-refractivity contribution in [2.24, 2.45) is 17.8 Å². The number of piperidine rings is 1. The number of carbonyl (C=O) groups is 2. The van der Waals surface area contributed by atoms with Crippen LogP contribution in [0.2, 0.25) is 0 Å². The van der Waals surface area contributed by atoms with Gasteiger partial charge >= 0.3 is 0 Å². The fourth-order valence-electron chi connectivity index (χ4n) is 10.2. The number of fused-ring (bicyclic) bond motifs is 8. The normalized spacial score (nSPS) is 26.0. The Morgan fingerprint density at radius 1 is 0.889 bits per heavy atom. The molecule has 0 radical (unpaired) electrons. The van der Waals surface area contributed by atoms with Crippen LogP contribution in [0.1, 0.15) is 83.4 Å². The molecule has 1 aromatic heterocycles. The number of benzene rings is 2. The van der Waals surface area contributed by atoms with Crippen LogP contribution in [0.5, 0.6) is 23.0 Å². The summed E-state index contributed by atoms with van der Waals surface area (Å²) >= 11 is 0. The number of pyridine rings is 1. The molecule has 14 nitrogen and oxygen atoms in total. The summed E-state index contributed by atoms with van der Waals surface area (Å²) in [5.41, 5.74) is 5.03. The first-order valence-corrected chi connectivity index (χ1v) is 25.6. The van der Waals surface area contributed by atoms with E-state index < -0.39 is 6.04 Å². The van der Waals surface area contributed by atoms with E-state index in [9.17, 15) is 14.0 Å². The Bertz CT molecular complexity index is 2600. The molecular formula is C55H69ClF2N6O8. The van der Waals surface area contributed by atoms with Gasteiger partial charge < -0.3 is 55.0 Å². The predicted octanol–water partition coefficient (Wildman–Crippen LogP) is 8.85. The van der Waals surface area contributed by atoms with Crippen molar-refractivity contribution in [1.82, 2.24) is 26.3 Å². The molecule has 2 amide bonds. The fourth-order valence-corrected chi connectivity index (χ4v) is 10.2. The van der Waals surface area contributed by atoms with Gasteiger partial charge in [-0.05, 0) is 138 Å². The van der Waals surface area contributed by atoms with Crippen LogP contribution in [0.25, 0.3) is 17.0 Å². The van der Waals surface area contributed by atoms with Crippen molar-refractivity contribution in [2.45, 2.75) is 109 Å². The predicted molar refractivity (Wildman–Crippen MR) is 276 cm³/mol. The van der Waals surface area contributed by atoms with Gasteiger partial charge in [0, 0.05) is 40.8 Å². The second kappa shape index (κ2) is 24.4. The number of anilines is 1. The van der Waals surface area contributed by atoms with E-state index in [1.54, 1.807) is 0 Å². The van der Waals surface area contributed by atoms with Crippen LogP contribution in [0, 0.1) is 24.7 Å². The number of hydrogen-bond donors (Lipinski definition) is 5. The van der Waals surface area contributed by atoms with Gasteiger partial charge in [-0.3, -0.25) is 14.6 Å². The molecule has 2 aliphatic carbocycles. The van der Waals surface area contributed by atoms with Crippen molar-refractivity contribution in [3.05, 3.63) is 101 Å². The lowest BCUT2D eigenvalue weighted by Gasteiger charge is -2.33. The summed E-state index contributed by atoms with van der Waals surface area (Å²) in [6, 6.07) is 11.7. The molecule has 6 unspecified atom stereocenters. The van der Waals surface area contributed by atoms with Gasteiger partial charge in [0.1, 0.15) is 67.3 Å². The fraction of sp³-hybridized carbons (Fsp3) is 0.509. The average molecular weight is 1020 g/mol. The first-order chi connectivity index (χ1) is 34.5. The Labute approximate surface area is 427 Å². The monoisotopic (exact) mass is 1010 g/mol. The standard InChI is InChI=1S/C27H32FN3O4.C14H19FN2O2.C14H17NO2.ClH/c1-3-17(12-18-5-8-22-26(25(18)28)31-24(32)15-34-22)10-11-29-13-19-14-33-23-9-7-21-20(27(23)35-19)6-4-16(2)30-21;15-13-10(6-9-2-1-5-16-7-9)3-4-11-14(13)17-12(18)8-19-11;1-3-10-8-16-13-7-6-12-11(14(13)17-10)5-4-9(2)15-12;/h4,6-9,17-19,29H,3,5,10-15H2,1-2H3,(H,31,32);3-4,9,11,14,16H,1-2,5-8H2,(H,17,18);4-7,9-10,15H,3,8H2,1-2H3;1H/t17?,18?,19-;;9?,10-;/m0.0./s1.